The van der Waals surface area contributed by atoms with E-state index >= 15 is 0 Å². The third-order valence-electron chi connectivity index (χ3n) is 5.44. The predicted octanol–water partition coefficient (Wildman–Crippen LogP) is 7.84. The van der Waals surface area contributed by atoms with E-state index in [0.29, 0.717) is 5.89 Å². The van der Waals surface area contributed by atoms with Crippen LogP contribution in [0.1, 0.15) is 5.56 Å². The largest absolute Gasteiger partial charge is 0.436 e. The Bertz CT molecular complexity index is 1490. The number of hydrogen-bond acceptors (Lipinski definition) is 3. The molecule has 0 saturated heterocycles. The minimum Gasteiger partial charge on any atom is -0.436 e. The lowest BCUT2D eigenvalue weighted by Gasteiger charge is -2.05. The van der Waals surface area contributed by atoms with E-state index in [9.17, 15) is 0 Å². The van der Waals surface area contributed by atoms with Crippen LogP contribution in [0.3, 0.4) is 0 Å². The number of hydrogen-bond donors (Lipinski definition) is 0. The summed E-state index contributed by atoms with van der Waals surface area (Å²) in [6.07, 6.45) is 0. The van der Waals surface area contributed by atoms with Crippen LogP contribution in [0, 0.1) is 6.92 Å². The third-order valence-corrected chi connectivity index (χ3v) is 6.83. The first-order valence-electron chi connectivity index (χ1n) is 9.65. The monoisotopic (exact) mass is 391 g/mol. The molecule has 0 aliphatic heterocycles. The molecule has 0 atom stereocenters. The Morgan fingerprint density at radius 2 is 1.48 bits per heavy atom. The summed E-state index contributed by atoms with van der Waals surface area (Å²) in [4.78, 5) is 4.66. The molecular weight excluding hydrogens is 374 g/mol. The van der Waals surface area contributed by atoms with Crippen LogP contribution in [0.4, 0.5) is 0 Å². The molecule has 0 fully saturated rings. The maximum absolute atomic E-state index is 5.99. The number of aryl methyl sites for hydroxylation is 1. The highest BCUT2D eigenvalue weighted by Gasteiger charge is 2.13. The standard InChI is InChI=1S/C26H17NOS/c1-16-7-4-11-20-21-12-6-10-19(25(21)29-24(16)20)17-8-5-9-18(15-17)26-27-22-13-2-3-14-23(22)28-26/h2-15H,1H3. The van der Waals surface area contributed by atoms with Crippen molar-refractivity contribution in [3.8, 4) is 22.6 Å². The van der Waals surface area contributed by atoms with Crippen molar-refractivity contribution in [1.82, 2.24) is 4.98 Å². The van der Waals surface area contributed by atoms with Crippen LogP contribution in [0.5, 0.6) is 0 Å². The molecule has 2 heterocycles. The van der Waals surface area contributed by atoms with E-state index in [1.165, 1.54) is 36.9 Å². The van der Waals surface area contributed by atoms with Crippen LogP contribution in [-0.2, 0) is 0 Å². The third kappa shape index (κ3) is 2.59. The lowest BCUT2D eigenvalue weighted by atomic mass is 10.0. The normalized spacial score (nSPS) is 11.6. The van der Waals surface area contributed by atoms with Gasteiger partial charge in [-0.3, -0.25) is 0 Å². The van der Waals surface area contributed by atoms with Gasteiger partial charge >= 0.3 is 0 Å². The number of para-hydroxylation sites is 2. The SMILES string of the molecule is Cc1cccc2c1sc1c(-c3cccc(-c4nc5ccccc5o4)c3)cccc12. The number of fused-ring (bicyclic) bond motifs is 4. The predicted molar refractivity (Wildman–Crippen MR) is 123 cm³/mol. The van der Waals surface area contributed by atoms with Crippen molar-refractivity contribution in [3.63, 3.8) is 0 Å². The number of nitrogens with zero attached hydrogens (tertiary/aromatic N) is 1. The molecule has 0 saturated carbocycles. The molecule has 138 valence electrons. The highest BCUT2D eigenvalue weighted by atomic mass is 32.1. The first kappa shape index (κ1) is 16.5. The Labute approximate surface area is 172 Å². The Hall–Kier alpha value is -3.43. The molecule has 0 radical (unpaired) electrons. The summed E-state index contributed by atoms with van der Waals surface area (Å²) in [5.74, 6) is 0.660. The van der Waals surface area contributed by atoms with Crippen LogP contribution in [0.25, 0.3) is 53.9 Å². The van der Waals surface area contributed by atoms with Gasteiger partial charge in [0.15, 0.2) is 5.58 Å². The Kier molecular flexibility index (Phi) is 3.58. The first-order chi connectivity index (χ1) is 14.3. The fraction of sp³-hybridized carbons (Fsp3) is 0.0385. The van der Waals surface area contributed by atoms with Crippen molar-refractivity contribution >= 4 is 42.6 Å². The summed E-state index contributed by atoms with van der Waals surface area (Å²) in [7, 11) is 0. The topological polar surface area (TPSA) is 26.0 Å². The number of thiophene rings is 1. The van der Waals surface area contributed by atoms with E-state index in [2.05, 4.69) is 72.6 Å². The summed E-state index contributed by atoms with van der Waals surface area (Å²) < 4.78 is 8.68. The molecular formula is C26H17NOS. The molecule has 29 heavy (non-hydrogen) atoms. The van der Waals surface area contributed by atoms with Crippen LogP contribution in [-0.4, -0.2) is 4.98 Å². The van der Waals surface area contributed by atoms with Gasteiger partial charge in [-0.25, -0.2) is 4.98 Å². The minimum atomic E-state index is 0.660. The number of rotatable bonds is 2. The maximum atomic E-state index is 5.99. The molecule has 2 aromatic heterocycles. The Morgan fingerprint density at radius 3 is 2.38 bits per heavy atom. The number of aromatic nitrogens is 1. The van der Waals surface area contributed by atoms with Gasteiger partial charge in [-0.1, -0.05) is 60.7 Å². The molecule has 0 aliphatic rings. The van der Waals surface area contributed by atoms with Crippen LogP contribution >= 0.6 is 11.3 Å². The zero-order valence-electron chi connectivity index (χ0n) is 15.8. The van der Waals surface area contributed by atoms with Crippen molar-refractivity contribution in [3.05, 3.63) is 90.5 Å². The van der Waals surface area contributed by atoms with E-state index in [-0.39, 0.29) is 0 Å². The molecule has 6 rings (SSSR count). The molecule has 4 aromatic carbocycles. The highest BCUT2D eigenvalue weighted by Crippen LogP contribution is 2.41. The van der Waals surface area contributed by atoms with Crippen molar-refractivity contribution in [2.24, 2.45) is 0 Å². The summed E-state index contributed by atoms with van der Waals surface area (Å²) >= 11 is 1.88. The van der Waals surface area contributed by atoms with Crippen LogP contribution in [0.2, 0.25) is 0 Å². The van der Waals surface area contributed by atoms with Crippen molar-refractivity contribution in [1.29, 1.82) is 0 Å². The van der Waals surface area contributed by atoms with Crippen LogP contribution < -0.4 is 0 Å². The van der Waals surface area contributed by atoms with Crippen molar-refractivity contribution in [2.75, 3.05) is 0 Å². The summed E-state index contributed by atoms with van der Waals surface area (Å²) in [5, 5.41) is 2.65. The summed E-state index contributed by atoms with van der Waals surface area (Å²) in [5.41, 5.74) is 6.45. The Balaban J connectivity index is 1.55. The van der Waals surface area contributed by atoms with Gasteiger partial charge in [0.25, 0.3) is 0 Å². The van der Waals surface area contributed by atoms with E-state index in [1.54, 1.807) is 0 Å². The van der Waals surface area contributed by atoms with Gasteiger partial charge in [-0.2, -0.15) is 0 Å². The summed E-state index contributed by atoms with van der Waals surface area (Å²) in [6, 6.07) is 29.5. The Morgan fingerprint density at radius 1 is 0.724 bits per heavy atom. The van der Waals surface area contributed by atoms with E-state index in [0.717, 1.165) is 16.7 Å². The van der Waals surface area contributed by atoms with Crippen molar-refractivity contribution < 1.29 is 4.42 Å². The van der Waals surface area contributed by atoms with Crippen molar-refractivity contribution in [2.45, 2.75) is 6.92 Å². The van der Waals surface area contributed by atoms with Gasteiger partial charge in [0.1, 0.15) is 5.52 Å². The second-order valence-corrected chi connectivity index (χ2v) is 8.32. The van der Waals surface area contributed by atoms with Gasteiger partial charge in [0, 0.05) is 25.7 Å². The summed E-state index contributed by atoms with van der Waals surface area (Å²) in [6.45, 7) is 2.19. The lowest BCUT2D eigenvalue weighted by molar-refractivity contribution is 0.620. The lowest BCUT2D eigenvalue weighted by Crippen LogP contribution is -1.82. The van der Waals surface area contributed by atoms with Gasteiger partial charge in [0.05, 0.1) is 0 Å². The minimum absolute atomic E-state index is 0.660. The van der Waals surface area contributed by atoms with E-state index < -0.39 is 0 Å². The fourth-order valence-electron chi connectivity index (χ4n) is 4.00. The smallest absolute Gasteiger partial charge is 0.227 e. The van der Waals surface area contributed by atoms with E-state index in [4.69, 9.17) is 4.42 Å². The highest BCUT2D eigenvalue weighted by molar-refractivity contribution is 7.26. The number of oxazole rings is 1. The molecule has 0 spiro atoms. The molecule has 0 N–H and O–H groups in total. The molecule has 2 nitrogen and oxygen atoms in total. The van der Waals surface area contributed by atoms with Gasteiger partial charge in [-0.15, -0.1) is 11.3 Å². The molecule has 0 bridgehead atoms. The second kappa shape index (κ2) is 6.29. The average Bonchev–Trinajstić information content (AvgIpc) is 3.36. The molecule has 0 aliphatic carbocycles. The van der Waals surface area contributed by atoms with E-state index in [1.807, 2.05) is 35.6 Å². The quantitative estimate of drug-likeness (QED) is 0.300. The molecule has 0 unspecified atom stereocenters. The van der Waals surface area contributed by atoms with Gasteiger partial charge in [-0.05, 0) is 47.9 Å². The second-order valence-electron chi connectivity index (χ2n) is 7.30. The van der Waals surface area contributed by atoms with Gasteiger partial charge < -0.3 is 4.42 Å². The average molecular weight is 391 g/mol. The van der Waals surface area contributed by atoms with Gasteiger partial charge in [0.2, 0.25) is 5.89 Å². The zero-order valence-corrected chi connectivity index (χ0v) is 16.7. The first-order valence-corrected chi connectivity index (χ1v) is 10.5. The zero-order chi connectivity index (χ0) is 19.4. The molecule has 6 aromatic rings. The van der Waals surface area contributed by atoms with Crippen LogP contribution in [0.15, 0.2) is 89.3 Å². The molecule has 3 heteroatoms. The molecule has 0 amide bonds. The fourth-order valence-corrected chi connectivity index (χ4v) is 5.31. The number of benzene rings is 4. The maximum Gasteiger partial charge on any atom is 0.227 e.